The number of amides is 2. The van der Waals surface area contributed by atoms with E-state index >= 15 is 0 Å². The third-order valence-corrected chi connectivity index (χ3v) is 3.91. The molecule has 0 aromatic heterocycles. The van der Waals surface area contributed by atoms with Crippen molar-refractivity contribution in [2.75, 3.05) is 50.8 Å². The van der Waals surface area contributed by atoms with Crippen LogP contribution >= 0.6 is 0 Å². The van der Waals surface area contributed by atoms with E-state index in [1.54, 1.807) is 0 Å². The number of hydrogen-bond acceptors (Lipinski definition) is 5. The molecular formula is C15H19N3O3. The second-order valence-electron chi connectivity index (χ2n) is 5.26. The van der Waals surface area contributed by atoms with Gasteiger partial charge in [-0.05, 0) is 12.1 Å². The highest BCUT2D eigenvalue weighted by Crippen LogP contribution is 2.15. The molecule has 2 aliphatic heterocycles. The number of rotatable bonds is 3. The van der Waals surface area contributed by atoms with E-state index in [1.807, 2.05) is 18.2 Å². The molecule has 6 nitrogen and oxygen atoms in total. The maximum atomic E-state index is 12.0. The van der Waals surface area contributed by atoms with E-state index < -0.39 is 6.09 Å². The fourth-order valence-electron chi connectivity index (χ4n) is 2.70. The lowest BCUT2D eigenvalue weighted by Gasteiger charge is -2.36. The smallest absolute Gasteiger partial charge is 0.416 e. The number of carbonyl (C=O) groups excluding carboxylic acids is 2. The van der Waals surface area contributed by atoms with Gasteiger partial charge in [0.05, 0.1) is 13.1 Å². The molecule has 3 rings (SSSR count). The van der Waals surface area contributed by atoms with Gasteiger partial charge in [-0.25, -0.2) is 9.69 Å². The molecule has 2 amide bonds. The minimum atomic E-state index is -0.511. The van der Waals surface area contributed by atoms with Crippen LogP contribution in [0.25, 0.3) is 0 Å². The van der Waals surface area contributed by atoms with Crippen LogP contribution in [0, 0.1) is 0 Å². The number of anilines is 1. The van der Waals surface area contributed by atoms with E-state index in [1.165, 1.54) is 10.6 Å². The Balaban J connectivity index is 1.50. The molecule has 112 valence electrons. The summed E-state index contributed by atoms with van der Waals surface area (Å²) in [6, 6.07) is 10.3. The van der Waals surface area contributed by atoms with Gasteiger partial charge < -0.3 is 9.64 Å². The number of piperazine rings is 1. The Kier molecular flexibility index (Phi) is 4.06. The summed E-state index contributed by atoms with van der Waals surface area (Å²) in [5.74, 6) is -0.161. The van der Waals surface area contributed by atoms with Crippen LogP contribution in [0.1, 0.15) is 0 Å². The lowest BCUT2D eigenvalue weighted by molar-refractivity contribution is -0.129. The molecular weight excluding hydrogens is 270 g/mol. The Morgan fingerprint density at radius 2 is 1.76 bits per heavy atom. The average Bonchev–Trinajstić information content (AvgIpc) is 2.95. The third kappa shape index (κ3) is 3.16. The number of imide groups is 1. The molecule has 0 atom stereocenters. The van der Waals surface area contributed by atoms with Gasteiger partial charge in [0.1, 0.15) is 6.61 Å². The first-order valence-electron chi connectivity index (χ1n) is 7.23. The Morgan fingerprint density at radius 3 is 2.38 bits per heavy atom. The fourth-order valence-corrected chi connectivity index (χ4v) is 2.70. The van der Waals surface area contributed by atoms with Gasteiger partial charge in [-0.1, -0.05) is 18.2 Å². The molecule has 0 spiro atoms. The van der Waals surface area contributed by atoms with Crippen LogP contribution in [0.2, 0.25) is 0 Å². The van der Waals surface area contributed by atoms with Crippen LogP contribution in [-0.4, -0.2) is 67.7 Å². The lowest BCUT2D eigenvalue weighted by Crippen LogP contribution is -2.50. The normalized spacial score (nSPS) is 19.7. The SMILES string of the molecule is O=C(CN1CCN(c2ccccc2)CC1)N1CCOC1=O. The van der Waals surface area contributed by atoms with E-state index in [9.17, 15) is 9.59 Å². The van der Waals surface area contributed by atoms with E-state index in [4.69, 9.17) is 4.74 Å². The first-order valence-corrected chi connectivity index (χ1v) is 7.23. The maximum Gasteiger partial charge on any atom is 0.416 e. The number of nitrogens with zero attached hydrogens (tertiary/aromatic N) is 3. The van der Waals surface area contributed by atoms with Crippen molar-refractivity contribution in [1.82, 2.24) is 9.80 Å². The fraction of sp³-hybridized carbons (Fsp3) is 0.467. The summed E-state index contributed by atoms with van der Waals surface area (Å²) in [5.41, 5.74) is 1.21. The molecule has 2 aliphatic rings. The number of para-hydroxylation sites is 1. The van der Waals surface area contributed by atoms with Crippen molar-refractivity contribution >= 4 is 17.7 Å². The van der Waals surface area contributed by atoms with Crippen LogP contribution in [-0.2, 0) is 9.53 Å². The lowest BCUT2D eigenvalue weighted by atomic mass is 10.2. The van der Waals surface area contributed by atoms with Gasteiger partial charge in [-0.3, -0.25) is 9.69 Å². The van der Waals surface area contributed by atoms with Crippen molar-refractivity contribution < 1.29 is 14.3 Å². The molecule has 21 heavy (non-hydrogen) atoms. The minimum absolute atomic E-state index is 0.161. The first-order chi connectivity index (χ1) is 10.2. The zero-order valence-corrected chi connectivity index (χ0v) is 11.9. The quantitative estimate of drug-likeness (QED) is 0.823. The van der Waals surface area contributed by atoms with Gasteiger partial charge in [0.15, 0.2) is 0 Å². The highest BCUT2D eigenvalue weighted by molar-refractivity contribution is 5.94. The van der Waals surface area contributed by atoms with Crippen LogP contribution in [0.4, 0.5) is 10.5 Å². The molecule has 0 unspecified atom stereocenters. The Labute approximate surface area is 123 Å². The predicted molar refractivity (Wildman–Crippen MR) is 78.2 cm³/mol. The standard InChI is InChI=1S/C15H19N3O3/c19-14(18-10-11-21-15(18)20)12-16-6-8-17(9-7-16)13-4-2-1-3-5-13/h1-5H,6-12H2. The monoisotopic (exact) mass is 289 g/mol. The second kappa shape index (κ2) is 6.13. The van der Waals surface area contributed by atoms with Gasteiger partial charge >= 0.3 is 6.09 Å². The molecule has 0 aliphatic carbocycles. The molecule has 2 heterocycles. The molecule has 2 fully saturated rings. The van der Waals surface area contributed by atoms with Crippen LogP contribution < -0.4 is 4.90 Å². The number of hydrogen-bond donors (Lipinski definition) is 0. The van der Waals surface area contributed by atoms with Crippen molar-refractivity contribution in [3.8, 4) is 0 Å². The van der Waals surface area contributed by atoms with Gasteiger partial charge in [-0.2, -0.15) is 0 Å². The van der Waals surface area contributed by atoms with Gasteiger partial charge in [0.2, 0.25) is 5.91 Å². The van der Waals surface area contributed by atoms with Crippen LogP contribution in [0.3, 0.4) is 0 Å². The van der Waals surface area contributed by atoms with Gasteiger partial charge in [0.25, 0.3) is 0 Å². The highest BCUT2D eigenvalue weighted by Gasteiger charge is 2.30. The van der Waals surface area contributed by atoms with Crippen molar-refractivity contribution in [1.29, 1.82) is 0 Å². The Morgan fingerprint density at radius 1 is 1.05 bits per heavy atom. The number of ether oxygens (including phenoxy) is 1. The summed E-state index contributed by atoms with van der Waals surface area (Å²) in [5, 5.41) is 0. The molecule has 1 aromatic rings. The first kappa shape index (κ1) is 13.9. The summed E-state index contributed by atoms with van der Waals surface area (Å²) < 4.78 is 4.79. The van der Waals surface area contributed by atoms with Gasteiger partial charge in [0, 0.05) is 31.9 Å². The largest absolute Gasteiger partial charge is 0.447 e. The maximum absolute atomic E-state index is 12.0. The van der Waals surface area contributed by atoms with Crippen molar-refractivity contribution in [2.45, 2.75) is 0 Å². The zero-order chi connectivity index (χ0) is 14.7. The third-order valence-electron chi connectivity index (χ3n) is 3.91. The van der Waals surface area contributed by atoms with Crippen molar-refractivity contribution in [3.05, 3.63) is 30.3 Å². The van der Waals surface area contributed by atoms with Crippen molar-refractivity contribution in [3.63, 3.8) is 0 Å². The van der Waals surface area contributed by atoms with Crippen LogP contribution in [0.15, 0.2) is 30.3 Å². The summed E-state index contributed by atoms with van der Waals surface area (Å²) in [7, 11) is 0. The van der Waals surface area contributed by atoms with E-state index in [-0.39, 0.29) is 12.5 Å². The summed E-state index contributed by atoms with van der Waals surface area (Å²) in [6.45, 7) is 4.41. The molecule has 0 bridgehead atoms. The van der Waals surface area contributed by atoms with E-state index in [0.29, 0.717) is 13.2 Å². The summed E-state index contributed by atoms with van der Waals surface area (Å²) in [4.78, 5) is 29.0. The number of benzene rings is 1. The molecule has 0 saturated carbocycles. The average molecular weight is 289 g/mol. The molecule has 2 saturated heterocycles. The van der Waals surface area contributed by atoms with Crippen LogP contribution in [0.5, 0.6) is 0 Å². The van der Waals surface area contributed by atoms with Gasteiger partial charge in [-0.15, -0.1) is 0 Å². The van der Waals surface area contributed by atoms with Crippen molar-refractivity contribution in [2.24, 2.45) is 0 Å². The Hall–Kier alpha value is -2.08. The summed E-state index contributed by atoms with van der Waals surface area (Å²) >= 11 is 0. The zero-order valence-electron chi connectivity index (χ0n) is 11.9. The molecule has 0 radical (unpaired) electrons. The predicted octanol–water partition coefficient (Wildman–Crippen LogP) is 0.787. The molecule has 1 aromatic carbocycles. The topological polar surface area (TPSA) is 53.1 Å². The highest BCUT2D eigenvalue weighted by atomic mass is 16.6. The Bertz CT molecular complexity index is 512. The van der Waals surface area contributed by atoms with E-state index in [0.717, 1.165) is 26.2 Å². The van der Waals surface area contributed by atoms with E-state index in [2.05, 4.69) is 21.9 Å². The second-order valence-corrected chi connectivity index (χ2v) is 5.26. The molecule has 0 N–H and O–H groups in total. The number of carbonyl (C=O) groups is 2. The number of cyclic esters (lactones) is 1. The minimum Gasteiger partial charge on any atom is -0.447 e. The summed E-state index contributed by atoms with van der Waals surface area (Å²) in [6.07, 6.45) is -0.511. The molecule has 6 heteroatoms.